The number of ether oxygens (including phenoxy) is 3. The zero-order chi connectivity index (χ0) is 31.9. The second-order valence-electron chi connectivity index (χ2n) is 12.3. The van der Waals surface area contributed by atoms with Gasteiger partial charge < -0.3 is 41.0 Å². The van der Waals surface area contributed by atoms with E-state index in [1.165, 1.54) is 21.6 Å². The van der Waals surface area contributed by atoms with Crippen LogP contribution in [0, 0.1) is 0 Å². The van der Waals surface area contributed by atoms with E-state index in [9.17, 15) is 9.90 Å². The quantitative estimate of drug-likeness (QED) is 0.155. The summed E-state index contributed by atoms with van der Waals surface area (Å²) < 4.78 is 18.0. The highest BCUT2D eigenvalue weighted by atomic mass is 16.7. The van der Waals surface area contributed by atoms with Crippen molar-refractivity contribution < 1.29 is 24.1 Å². The molecular weight excluding hydrogens is 546 g/mol. The lowest BCUT2D eigenvalue weighted by Gasteiger charge is -2.48. The Morgan fingerprint density at radius 1 is 1.09 bits per heavy atom. The number of nitrogens with one attached hydrogen (secondary N) is 1. The number of allylic oxidation sites excluding steroid dienone is 6. The number of hydrogen-bond donors (Lipinski definition) is 4. The molecule has 1 saturated heterocycles. The van der Waals surface area contributed by atoms with Crippen molar-refractivity contribution in [2.45, 2.75) is 128 Å². The molecule has 0 aromatic heterocycles. The van der Waals surface area contributed by atoms with Crippen molar-refractivity contribution in [3.05, 3.63) is 34.9 Å². The highest BCUT2D eigenvalue weighted by Crippen LogP contribution is 2.30. The van der Waals surface area contributed by atoms with E-state index in [0.717, 1.165) is 45.1 Å². The maximum atomic E-state index is 13.1. The molecule has 0 aromatic rings. The van der Waals surface area contributed by atoms with Crippen molar-refractivity contribution in [3.63, 3.8) is 0 Å². The molecule has 0 bridgehead atoms. The van der Waals surface area contributed by atoms with Gasteiger partial charge >= 0.3 is 0 Å². The number of amides is 1. The zero-order valence-electron chi connectivity index (χ0n) is 27.6. The molecule has 246 valence electrons. The SMILES string of the molecule is CCNCC1CC[C@H](N)[C@@H](O[C@H]2C(N)C[C@H](OC)C(N(C)C(=O)CN=C/C=C(\C)CC/C=C(\C)CCC=C(C)C)[C@@H]2O)O1. The molecule has 6 N–H and O–H groups in total. The molecule has 1 aliphatic heterocycles. The molecule has 3 unspecified atom stereocenters. The van der Waals surface area contributed by atoms with Crippen LogP contribution in [0.1, 0.15) is 79.6 Å². The number of rotatable bonds is 16. The first-order valence-electron chi connectivity index (χ1n) is 15.9. The van der Waals surface area contributed by atoms with E-state index in [0.29, 0.717) is 13.0 Å². The normalized spacial score (nSPS) is 30.5. The number of aliphatic hydroxyl groups is 1. The average molecular weight is 606 g/mol. The van der Waals surface area contributed by atoms with Crippen LogP contribution in [0.4, 0.5) is 0 Å². The summed E-state index contributed by atoms with van der Waals surface area (Å²) in [5.41, 5.74) is 16.7. The standard InChI is InChI=1S/C33H59N5O5/c1-8-36-20-25-15-16-26(34)33(42-25)43-32-27(35)19-28(41-7)30(31(32)40)38(6)29(39)21-37-18-17-24(5)14-10-13-23(4)12-9-11-22(2)3/h11,13,17-18,25-28,30-33,36,40H,8-10,12,14-16,19-21,34-35H2,1-7H3/b23-13+,24-17+,37-18?/t25?,26-,27?,28-,30?,31-,32-,33+/m0/s1. The fourth-order valence-electron chi connectivity index (χ4n) is 5.63. The highest BCUT2D eigenvalue weighted by Gasteiger charge is 2.48. The fourth-order valence-corrected chi connectivity index (χ4v) is 5.63. The van der Waals surface area contributed by atoms with E-state index in [1.807, 2.05) is 13.0 Å². The average Bonchev–Trinajstić information content (AvgIpc) is 2.96. The Morgan fingerprint density at radius 2 is 1.79 bits per heavy atom. The lowest BCUT2D eigenvalue weighted by Crippen LogP contribution is -2.66. The third kappa shape index (κ3) is 12.5. The van der Waals surface area contributed by atoms with Gasteiger partial charge in [-0.05, 0) is 85.3 Å². The summed E-state index contributed by atoms with van der Waals surface area (Å²) in [6, 6.07) is -1.49. The Bertz CT molecular complexity index is 961. The number of carbonyl (C=O) groups is 1. The first-order chi connectivity index (χ1) is 20.5. The van der Waals surface area contributed by atoms with Gasteiger partial charge in [0.05, 0.1) is 24.3 Å². The predicted molar refractivity (Wildman–Crippen MR) is 174 cm³/mol. The fraction of sp³-hybridized carbons (Fsp3) is 0.758. The number of aliphatic hydroxyl groups excluding tert-OH is 1. The summed E-state index contributed by atoms with van der Waals surface area (Å²) in [5, 5.41) is 14.7. The molecule has 2 fully saturated rings. The Hall–Kier alpha value is -1.92. The zero-order valence-corrected chi connectivity index (χ0v) is 27.6. The van der Waals surface area contributed by atoms with E-state index in [1.54, 1.807) is 20.4 Å². The summed E-state index contributed by atoms with van der Waals surface area (Å²) in [6.07, 6.45) is 11.3. The summed E-state index contributed by atoms with van der Waals surface area (Å²) >= 11 is 0. The summed E-state index contributed by atoms with van der Waals surface area (Å²) in [4.78, 5) is 19.0. The van der Waals surface area contributed by atoms with Gasteiger partial charge in [-0.1, -0.05) is 35.8 Å². The predicted octanol–water partition coefficient (Wildman–Crippen LogP) is 3.24. The Labute approximate surface area is 260 Å². The van der Waals surface area contributed by atoms with E-state index in [-0.39, 0.29) is 24.6 Å². The number of methoxy groups -OCH3 is 1. The Morgan fingerprint density at radius 3 is 2.47 bits per heavy atom. The van der Waals surface area contributed by atoms with Gasteiger partial charge in [0, 0.05) is 33.0 Å². The van der Waals surface area contributed by atoms with Gasteiger partial charge in [0.15, 0.2) is 6.29 Å². The monoisotopic (exact) mass is 605 g/mol. The van der Waals surface area contributed by atoms with E-state index in [4.69, 9.17) is 25.7 Å². The van der Waals surface area contributed by atoms with Gasteiger partial charge in [0.2, 0.25) is 5.91 Å². The molecule has 10 heteroatoms. The maximum absolute atomic E-state index is 13.1. The first kappa shape index (κ1) is 37.3. The smallest absolute Gasteiger partial charge is 0.244 e. The van der Waals surface area contributed by atoms with Crippen LogP contribution in [0.25, 0.3) is 0 Å². The van der Waals surface area contributed by atoms with Crippen molar-refractivity contribution in [2.75, 3.05) is 33.8 Å². The van der Waals surface area contributed by atoms with Crippen LogP contribution < -0.4 is 16.8 Å². The molecule has 1 saturated carbocycles. The van der Waals surface area contributed by atoms with Crippen molar-refractivity contribution in [2.24, 2.45) is 16.5 Å². The molecule has 8 atom stereocenters. The molecule has 10 nitrogen and oxygen atoms in total. The number of hydrogen-bond acceptors (Lipinski definition) is 9. The molecule has 0 spiro atoms. The van der Waals surface area contributed by atoms with Crippen LogP contribution in [0.3, 0.4) is 0 Å². The largest absolute Gasteiger partial charge is 0.388 e. The van der Waals surface area contributed by atoms with Crippen LogP contribution >= 0.6 is 0 Å². The molecular formula is C33H59N5O5. The van der Waals surface area contributed by atoms with Crippen LogP contribution in [0.2, 0.25) is 0 Å². The van der Waals surface area contributed by atoms with Gasteiger partial charge in [0.25, 0.3) is 0 Å². The van der Waals surface area contributed by atoms with Crippen molar-refractivity contribution >= 4 is 12.1 Å². The molecule has 2 aliphatic rings. The minimum Gasteiger partial charge on any atom is -0.388 e. The lowest BCUT2D eigenvalue weighted by atomic mass is 9.83. The number of carbonyl (C=O) groups excluding carboxylic acids is 1. The third-order valence-electron chi connectivity index (χ3n) is 8.36. The van der Waals surface area contributed by atoms with Gasteiger partial charge in [0.1, 0.15) is 18.8 Å². The van der Waals surface area contributed by atoms with Gasteiger partial charge in [-0.2, -0.15) is 0 Å². The first-order valence-corrected chi connectivity index (χ1v) is 15.9. The van der Waals surface area contributed by atoms with Gasteiger partial charge in [-0.3, -0.25) is 9.79 Å². The van der Waals surface area contributed by atoms with E-state index < -0.39 is 36.7 Å². The molecule has 1 amide bonds. The van der Waals surface area contributed by atoms with E-state index in [2.05, 4.69) is 50.2 Å². The lowest BCUT2D eigenvalue weighted by molar-refractivity contribution is -0.254. The highest BCUT2D eigenvalue weighted by molar-refractivity contribution is 5.81. The Balaban J connectivity index is 1.94. The number of likely N-dealkylation sites (N-methyl/N-ethyl adjacent to an activating group) is 2. The minimum atomic E-state index is -1.09. The van der Waals surface area contributed by atoms with Crippen LogP contribution in [0.15, 0.2) is 39.9 Å². The molecule has 0 radical (unpaired) electrons. The molecule has 1 aliphatic carbocycles. The number of nitrogens with two attached hydrogens (primary N) is 2. The van der Waals surface area contributed by atoms with Crippen molar-refractivity contribution in [1.82, 2.24) is 10.2 Å². The second-order valence-corrected chi connectivity index (χ2v) is 12.3. The van der Waals surface area contributed by atoms with E-state index >= 15 is 0 Å². The number of nitrogens with zero attached hydrogens (tertiary/aromatic N) is 2. The molecule has 2 rings (SSSR count). The second kappa shape index (κ2) is 19.5. The maximum Gasteiger partial charge on any atom is 0.244 e. The summed E-state index contributed by atoms with van der Waals surface area (Å²) in [6.45, 7) is 12.1. The van der Waals surface area contributed by atoms with Crippen LogP contribution in [-0.4, -0.2) is 105 Å². The van der Waals surface area contributed by atoms with Crippen molar-refractivity contribution in [1.29, 1.82) is 0 Å². The molecule has 43 heavy (non-hydrogen) atoms. The summed E-state index contributed by atoms with van der Waals surface area (Å²) in [7, 11) is 3.22. The topological polar surface area (TPSA) is 145 Å². The summed E-state index contributed by atoms with van der Waals surface area (Å²) in [5.74, 6) is -0.228. The third-order valence-corrected chi connectivity index (χ3v) is 8.36. The number of aliphatic imine (C=N–C) groups is 1. The molecule has 0 aromatic carbocycles. The van der Waals surface area contributed by atoms with Crippen molar-refractivity contribution in [3.8, 4) is 0 Å². The Kier molecular flexibility index (Phi) is 16.9. The van der Waals surface area contributed by atoms with Crippen LogP contribution in [-0.2, 0) is 19.0 Å². The van der Waals surface area contributed by atoms with Crippen LogP contribution in [0.5, 0.6) is 0 Å². The minimum absolute atomic E-state index is 0.0257. The van der Waals surface area contributed by atoms with Gasteiger partial charge in [-0.25, -0.2) is 0 Å². The van der Waals surface area contributed by atoms with Gasteiger partial charge in [-0.15, -0.1) is 0 Å². The molecule has 1 heterocycles.